The summed E-state index contributed by atoms with van der Waals surface area (Å²) in [5, 5.41) is 2.49. The van der Waals surface area contributed by atoms with Gasteiger partial charge in [-0.25, -0.2) is 9.69 Å². The maximum absolute atomic E-state index is 12.7. The highest BCUT2D eigenvalue weighted by Crippen LogP contribution is 2.33. The van der Waals surface area contributed by atoms with Gasteiger partial charge < -0.3 is 5.32 Å². The van der Waals surface area contributed by atoms with E-state index >= 15 is 0 Å². The van der Waals surface area contributed by atoms with Crippen LogP contribution in [0.15, 0.2) is 24.3 Å². The highest BCUT2D eigenvalue weighted by atomic mass is 19.4. The van der Waals surface area contributed by atoms with Crippen LogP contribution in [0, 0.1) is 0 Å². The fourth-order valence-electron chi connectivity index (χ4n) is 1.98. The first-order valence-corrected chi connectivity index (χ1v) is 6.03. The Morgan fingerprint density at radius 2 is 1.95 bits per heavy atom. The maximum atomic E-state index is 12.7. The molecule has 20 heavy (non-hydrogen) atoms. The van der Waals surface area contributed by atoms with Gasteiger partial charge in [0.1, 0.15) is 5.54 Å². The Hall–Kier alpha value is -2.05. The predicted octanol–water partition coefficient (Wildman–Crippen LogP) is 2.93. The molecule has 1 fully saturated rings. The number of halogens is 3. The van der Waals surface area contributed by atoms with E-state index in [9.17, 15) is 22.8 Å². The van der Waals surface area contributed by atoms with Crippen molar-refractivity contribution in [3.05, 3.63) is 29.8 Å². The Labute approximate surface area is 113 Å². The van der Waals surface area contributed by atoms with Crippen LogP contribution in [0.2, 0.25) is 0 Å². The fourth-order valence-corrected chi connectivity index (χ4v) is 1.98. The molecule has 1 aromatic carbocycles. The quantitative estimate of drug-likeness (QED) is 0.850. The van der Waals surface area contributed by atoms with Gasteiger partial charge in [0.15, 0.2) is 0 Å². The number of anilines is 1. The molecule has 0 radical (unpaired) electrons. The van der Waals surface area contributed by atoms with Gasteiger partial charge in [0.05, 0.1) is 11.3 Å². The third kappa shape index (κ3) is 2.23. The van der Waals surface area contributed by atoms with E-state index in [0.717, 1.165) is 17.0 Å². The number of alkyl halides is 3. The zero-order chi connectivity index (χ0) is 15.1. The van der Waals surface area contributed by atoms with Gasteiger partial charge in [-0.15, -0.1) is 0 Å². The molecular weight excluding hydrogens is 273 g/mol. The standard InChI is InChI=1S/C13H13F3N2O2/c1-3-12(2)10(19)18(11(20)17-12)9-6-4-5-8(7-9)13(14,15)16/h4-7H,3H2,1-2H3,(H,17,20). The van der Waals surface area contributed by atoms with E-state index in [-0.39, 0.29) is 5.69 Å². The van der Waals surface area contributed by atoms with Crippen LogP contribution in [0.25, 0.3) is 0 Å². The van der Waals surface area contributed by atoms with E-state index in [2.05, 4.69) is 5.32 Å². The number of urea groups is 1. The summed E-state index contributed by atoms with van der Waals surface area (Å²) in [6.45, 7) is 3.26. The van der Waals surface area contributed by atoms with E-state index in [1.807, 2.05) is 0 Å². The fraction of sp³-hybridized carbons (Fsp3) is 0.385. The minimum atomic E-state index is -4.52. The van der Waals surface area contributed by atoms with Crippen LogP contribution in [-0.4, -0.2) is 17.5 Å². The van der Waals surface area contributed by atoms with Crippen molar-refractivity contribution in [2.24, 2.45) is 0 Å². The van der Waals surface area contributed by atoms with Crippen molar-refractivity contribution in [1.82, 2.24) is 5.32 Å². The van der Waals surface area contributed by atoms with Gasteiger partial charge >= 0.3 is 12.2 Å². The van der Waals surface area contributed by atoms with E-state index in [4.69, 9.17) is 0 Å². The Morgan fingerprint density at radius 1 is 1.30 bits per heavy atom. The minimum Gasteiger partial charge on any atom is -0.323 e. The number of nitrogens with zero attached hydrogens (tertiary/aromatic N) is 1. The van der Waals surface area contributed by atoms with Crippen molar-refractivity contribution in [3.8, 4) is 0 Å². The Kier molecular flexibility index (Phi) is 3.23. The van der Waals surface area contributed by atoms with Gasteiger partial charge in [0.25, 0.3) is 5.91 Å². The number of carbonyl (C=O) groups excluding carboxylic acids is 2. The van der Waals surface area contributed by atoms with E-state index < -0.39 is 29.2 Å². The lowest BCUT2D eigenvalue weighted by Gasteiger charge is -2.19. The lowest BCUT2D eigenvalue weighted by molar-refractivity contribution is -0.137. The Morgan fingerprint density at radius 3 is 2.45 bits per heavy atom. The Balaban J connectivity index is 2.43. The molecule has 1 atom stereocenters. The number of rotatable bonds is 2. The number of nitrogens with one attached hydrogen (secondary N) is 1. The van der Waals surface area contributed by atoms with Crippen molar-refractivity contribution < 1.29 is 22.8 Å². The van der Waals surface area contributed by atoms with E-state index in [0.29, 0.717) is 6.42 Å². The molecule has 4 nitrogen and oxygen atoms in total. The molecule has 7 heteroatoms. The first-order chi connectivity index (χ1) is 9.19. The first-order valence-electron chi connectivity index (χ1n) is 6.03. The minimum absolute atomic E-state index is 0.0838. The van der Waals surface area contributed by atoms with Crippen molar-refractivity contribution in [3.63, 3.8) is 0 Å². The topological polar surface area (TPSA) is 49.4 Å². The molecule has 0 spiro atoms. The van der Waals surface area contributed by atoms with Crippen molar-refractivity contribution in [2.45, 2.75) is 32.0 Å². The molecule has 1 saturated heterocycles. The summed E-state index contributed by atoms with van der Waals surface area (Å²) in [6.07, 6.45) is -4.17. The highest BCUT2D eigenvalue weighted by Gasteiger charge is 2.47. The third-order valence-corrected chi connectivity index (χ3v) is 3.40. The Bertz CT molecular complexity index is 571. The summed E-state index contributed by atoms with van der Waals surface area (Å²) >= 11 is 0. The molecule has 1 unspecified atom stereocenters. The second-order valence-electron chi connectivity index (χ2n) is 4.80. The highest BCUT2D eigenvalue weighted by molar-refractivity contribution is 6.23. The molecule has 1 heterocycles. The molecule has 108 valence electrons. The number of hydrogen-bond donors (Lipinski definition) is 1. The molecule has 1 aliphatic rings. The van der Waals surface area contributed by atoms with Crippen LogP contribution >= 0.6 is 0 Å². The van der Waals surface area contributed by atoms with Crippen LogP contribution < -0.4 is 10.2 Å². The van der Waals surface area contributed by atoms with Crippen molar-refractivity contribution in [2.75, 3.05) is 4.90 Å². The molecule has 0 saturated carbocycles. The van der Waals surface area contributed by atoms with Gasteiger partial charge in [-0.05, 0) is 31.5 Å². The first kappa shape index (κ1) is 14.4. The smallest absolute Gasteiger partial charge is 0.323 e. The normalized spacial score (nSPS) is 23.1. The number of benzene rings is 1. The lowest BCUT2D eigenvalue weighted by atomic mass is 9.99. The van der Waals surface area contributed by atoms with Crippen LogP contribution in [0.3, 0.4) is 0 Å². The molecule has 0 aliphatic carbocycles. The monoisotopic (exact) mass is 286 g/mol. The molecule has 1 aliphatic heterocycles. The molecule has 0 aromatic heterocycles. The van der Waals surface area contributed by atoms with Gasteiger partial charge in [-0.1, -0.05) is 13.0 Å². The van der Waals surface area contributed by atoms with Crippen molar-refractivity contribution in [1.29, 1.82) is 0 Å². The van der Waals surface area contributed by atoms with Crippen LogP contribution in [0.4, 0.5) is 23.7 Å². The van der Waals surface area contributed by atoms with Gasteiger partial charge in [0.2, 0.25) is 0 Å². The zero-order valence-corrected chi connectivity index (χ0v) is 10.9. The number of hydrogen-bond acceptors (Lipinski definition) is 2. The van der Waals surface area contributed by atoms with Gasteiger partial charge in [0, 0.05) is 0 Å². The van der Waals surface area contributed by atoms with Crippen LogP contribution in [0.5, 0.6) is 0 Å². The zero-order valence-electron chi connectivity index (χ0n) is 10.9. The summed E-state index contributed by atoms with van der Waals surface area (Å²) in [4.78, 5) is 24.8. The maximum Gasteiger partial charge on any atom is 0.416 e. The van der Waals surface area contributed by atoms with Crippen LogP contribution in [0.1, 0.15) is 25.8 Å². The largest absolute Gasteiger partial charge is 0.416 e. The van der Waals surface area contributed by atoms with Crippen LogP contribution in [-0.2, 0) is 11.0 Å². The third-order valence-electron chi connectivity index (χ3n) is 3.40. The lowest BCUT2D eigenvalue weighted by Crippen LogP contribution is -2.43. The predicted molar refractivity (Wildman–Crippen MR) is 66.2 cm³/mol. The summed E-state index contributed by atoms with van der Waals surface area (Å²) in [7, 11) is 0. The molecule has 1 aromatic rings. The molecule has 0 bridgehead atoms. The summed E-state index contributed by atoms with van der Waals surface area (Å²) in [5.41, 5.74) is -2.06. The SMILES string of the molecule is CCC1(C)NC(=O)N(c2cccc(C(F)(F)F)c2)C1=O. The number of carbonyl (C=O) groups is 2. The molecule has 2 rings (SSSR count). The average Bonchev–Trinajstić information content (AvgIpc) is 2.60. The molecule has 1 N–H and O–H groups in total. The van der Waals surface area contributed by atoms with E-state index in [1.54, 1.807) is 13.8 Å². The second-order valence-corrected chi connectivity index (χ2v) is 4.80. The van der Waals surface area contributed by atoms with Gasteiger partial charge in [-0.3, -0.25) is 4.79 Å². The number of amides is 3. The molecular formula is C13H13F3N2O2. The summed E-state index contributed by atoms with van der Waals surface area (Å²) in [5.74, 6) is -0.552. The summed E-state index contributed by atoms with van der Waals surface area (Å²) < 4.78 is 38.0. The van der Waals surface area contributed by atoms with E-state index in [1.165, 1.54) is 12.1 Å². The summed E-state index contributed by atoms with van der Waals surface area (Å²) in [6, 6.07) is 3.44. The second kappa shape index (κ2) is 4.50. The molecule has 3 amide bonds. The number of imide groups is 1. The average molecular weight is 286 g/mol. The van der Waals surface area contributed by atoms with Gasteiger partial charge in [-0.2, -0.15) is 13.2 Å². The van der Waals surface area contributed by atoms with Crippen molar-refractivity contribution >= 4 is 17.6 Å².